The number of ether oxygens (including phenoxy) is 2. The van der Waals surface area contributed by atoms with Crippen LogP contribution in [0.5, 0.6) is 5.88 Å². The number of aromatic nitrogens is 2. The molecule has 0 saturated carbocycles. The van der Waals surface area contributed by atoms with Crippen molar-refractivity contribution < 1.29 is 14.3 Å². The van der Waals surface area contributed by atoms with Crippen molar-refractivity contribution in [3.63, 3.8) is 0 Å². The molecule has 2 fully saturated rings. The molecule has 0 bridgehead atoms. The molecule has 2 aromatic heterocycles. The molecule has 7 nitrogen and oxygen atoms in total. The molecule has 142 valence electrons. The van der Waals surface area contributed by atoms with Crippen LogP contribution in [-0.2, 0) is 4.74 Å². The first-order valence-electron chi connectivity index (χ1n) is 9.45. The second-order valence-corrected chi connectivity index (χ2v) is 6.78. The van der Waals surface area contributed by atoms with Crippen molar-refractivity contribution >= 4 is 11.7 Å². The highest BCUT2D eigenvalue weighted by Gasteiger charge is 2.23. The molecule has 7 heteroatoms. The Bertz CT molecular complexity index is 740. The summed E-state index contributed by atoms with van der Waals surface area (Å²) in [6, 6.07) is 9.47. The largest absolute Gasteiger partial charge is 0.474 e. The van der Waals surface area contributed by atoms with Crippen molar-refractivity contribution in [3.8, 4) is 5.88 Å². The molecule has 27 heavy (non-hydrogen) atoms. The van der Waals surface area contributed by atoms with E-state index < -0.39 is 0 Å². The van der Waals surface area contributed by atoms with Crippen LogP contribution in [-0.4, -0.2) is 66.3 Å². The van der Waals surface area contributed by atoms with Gasteiger partial charge in [-0.2, -0.15) is 0 Å². The second kappa shape index (κ2) is 8.35. The van der Waals surface area contributed by atoms with Crippen molar-refractivity contribution in [3.05, 3.63) is 48.3 Å². The van der Waals surface area contributed by atoms with Gasteiger partial charge in [0.1, 0.15) is 11.9 Å². The first kappa shape index (κ1) is 17.7. The summed E-state index contributed by atoms with van der Waals surface area (Å²) in [5.41, 5.74) is 0.598. The van der Waals surface area contributed by atoms with Crippen LogP contribution in [0.3, 0.4) is 0 Å². The van der Waals surface area contributed by atoms with Gasteiger partial charge in [-0.1, -0.05) is 6.07 Å². The molecule has 1 amide bonds. The quantitative estimate of drug-likeness (QED) is 0.822. The van der Waals surface area contributed by atoms with Gasteiger partial charge in [0.2, 0.25) is 5.88 Å². The number of pyridine rings is 2. The molecule has 2 saturated heterocycles. The van der Waals surface area contributed by atoms with Crippen LogP contribution in [0.2, 0.25) is 0 Å². The molecule has 2 aromatic rings. The zero-order chi connectivity index (χ0) is 18.5. The molecule has 4 heterocycles. The maximum atomic E-state index is 12.7. The molecule has 2 aliphatic heterocycles. The number of hydrogen-bond donors (Lipinski definition) is 0. The van der Waals surface area contributed by atoms with Crippen LogP contribution in [0, 0.1) is 0 Å². The van der Waals surface area contributed by atoms with E-state index in [4.69, 9.17) is 9.47 Å². The number of carbonyl (C=O) groups is 1. The van der Waals surface area contributed by atoms with E-state index in [9.17, 15) is 4.79 Å². The van der Waals surface area contributed by atoms with Gasteiger partial charge in [-0.25, -0.2) is 9.97 Å². The topological polar surface area (TPSA) is 67.8 Å². The summed E-state index contributed by atoms with van der Waals surface area (Å²) in [5.74, 6) is 1.54. The molecule has 0 atom stereocenters. The van der Waals surface area contributed by atoms with Crippen molar-refractivity contribution in [2.45, 2.75) is 18.9 Å². The van der Waals surface area contributed by atoms with Crippen LogP contribution in [0.15, 0.2) is 42.7 Å². The van der Waals surface area contributed by atoms with Gasteiger partial charge in [-0.05, 0) is 18.2 Å². The fourth-order valence-corrected chi connectivity index (χ4v) is 3.40. The molecule has 0 aliphatic carbocycles. The van der Waals surface area contributed by atoms with Crippen molar-refractivity contribution in [2.75, 3.05) is 44.3 Å². The molecule has 0 spiro atoms. The van der Waals surface area contributed by atoms with Crippen LogP contribution >= 0.6 is 0 Å². The SMILES string of the molecule is O=C(c1ccc(OC2CCOCC2)nc1)N1CCN(c2ccccn2)CC1. The highest BCUT2D eigenvalue weighted by molar-refractivity contribution is 5.94. The van der Waals surface area contributed by atoms with E-state index in [1.54, 1.807) is 24.5 Å². The van der Waals surface area contributed by atoms with Gasteiger partial charge >= 0.3 is 0 Å². The minimum absolute atomic E-state index is 0.0146. The number of piperazine rings is 1. The monoisotopic (exact) mass is 368 g/mol. The summed E-state index contributed by atoms with van der Waals surface area (Å²) in [5, 5.41) is 0. The summed E-state index contributed by atoms with van der Waals surface area (Å²) < 4.78 is 11.2. The average molecular weight is 368 g/mol. The predicted octanol–water partition coefficient (Wildman–Crippen LogP) is 2.00. The fraction of sp³-hybridized carbons (Fsp3) is 0.450. The minimum atomic E-state index is 0.0146. The molecular weight excluding hydrogens is 344 g/mol. The molecule has 0 radical (unpaired) electrons. The van der Waals surface area contributed by atoms with Crippen molar-refractivity contribution in [1.29, 1.82) is 0 Å². The zero-order valence-electron chi connectivity index (χ0n) is 15.3. The lowest BCUT2D eigenvalue weighted by molar-refractivity contribution is 0.0237. The van der Waals surface area contributed by atoms with Gasteiger partial charge in [-0.15, -0.1) is 0 Å². The van der Waals surface area contributed by atoms with E-state index in [1.165, 1.54) is 0 Å². The lowest BCUT2D eigenvalue weighted by atomic mass is 10.1. The fourth-order valence-electron chi connectivity index (χ4n) is 3.40. The normalized spacial score (nSPS) is 18.4. The number of carbonyl (C=O) groups excluding carboxylic acids is 1. The number of hydrogen-bond acceptors (Lipinski definition) is 6. The van der Waals surface area contributed by atoms with Crippen molar-refractivity contribution in [2.24, 2.45) is 0 Å². The Morgan fingerprint density at radius 3 is 2.52 bits per heavy atom. The molecular formula is C20H24N4O3. The van der Waals surface area contributed by atoms with Gasteiger partial charge in [-0.3, -0.25) is 4.79 Å². The van der Waals surface area contributed by atoms with Crippen LogP contribution in [0.4, 0.5) is 5.82 Å². The second-order valence-electron chi connectivity index (χ2n) is 6.78. The number of anilines is 1. The third-order valence-electron chi connectivity index (χ3n) is 4.98. The average Bonchev–Trinajstić information content (AvgIpc) is 2.75. The van der Waals surface area contributed by atoms with E-state index >= 15 is 0 Å². The highest BCUT2D eigenvalue weighted by Crippen LogP contribution is 2.18. The number of rotatable bonds is 4. The maximum Gasteiger partial charge on any atom is 0.255 e. The van der Waals surface area contributed by atoms with E-state index in [-0.39, 0.29) is 12.0 Å². The Balaban J connectivity index is 1.32. The Labute approximate surface area is 158 Å². The zero-order valence-corrected chi connectivity index (χ0v) is 15.3. The molecule has 0 N–H and O–H groups in total. The Morgan fingerprint density at radius 1 is 1.04 bits per heavy atom. The lowest BCUT2D eigenvalue weighted by Gasteiger charge is -2.35. The molecule has 2 aliphatic rings. The van der Waals surface area contributed by atoms with Gasteiger partial charge in [0, 0.05) is 57.5 Å². The van der Waals surface area contributed by atoms with Gasteiger partial charge in [0.15, 0.2) is 0 Å². The summed E-state index contributed by atoms with van der Waals surface area (Å²) in [4.78, 5) is 25.5. The molecule has 0 unspecified atom stereocenters. The van der Waals surface area contributed by atoms with Crippen LogP contribution < -0.4 is 9.64 Å². The standard InChI is InChI=1S/C20H24N4O3/c25-20(24-11-9-23(10-12-24)18-3-1-2-8-21-18)16-4-5-19(22-15-16)27-17-6-13-26-14-7-17/h1-5,8,15,17H,6-7,9-14H2. The lowest BCUT2D eigenvalue weighted by Crippen LogP contribution is -2.49. The third-order valence-corrected chi connectivity index (χ3v) is 4.98. The number of nitrogens with zero attached hydrogens (tertiary/aromatic N) is 4. The summed E-state index contributed by atoms with van der Waals surface area (Å²) in [6.07, 6.45) is 5.31. The van der Waals surface area contributed by atoms with E-state index in [2.05, 4.69) is 14.9 Å². The predicted molar refractivity (Wildman–Crippen MR) is 101 cm³/mol. The van der Waals surface area contributed by atoms with Gasteiger partial charge in [0.25, 0.3) is 5.91 Å². The third kappa shape index (κ3) is 4.36. The summed E-state index contributed by atoms with van der Waals surface area (Å²) >= 11 is 0. The first-order chi connectivity index (χ1) is 13.3. The maximum absolute atomic E-state index is 12.7. The summed E-state index contributed by atoms with van der Waals surface area (Å²) in [7, 11) is 0. The van der Waals surface area contributed by atoms with Crippen LogP contribution in [0.25, 0.3) is 0 Å². The van der Waals surface area contributed by atoms with E-state index in [0.717, 1.165) is 45.0 Å². The van der Waals surface area contributed by atoms with E-state index in [0.29, 0.717) is 24.5 Å². The highest BCUT2D eigenvalue weighted by atomic mass is 16.5. The molecule has 0 aromatic carbocycles. The van der Waals surface area contributed by atoms with E-state index in [1.807, 2.05) is 23.1 Å². The van der Waals surface area contributed by atoms with Gasteiger partial charge < -0.3 is 19.3 Å². The van der Waals surface area contributed by atoms with Crippen LogP contribution in [0.1, 0.15) is 23.2 Å². The Morgan fingerprint density at radius 2 is 1.85 bits per heavy atom. The first-order valence-corrected chi connectivity index (χ1v) is 9.45. The molecule has 4 rings (SSSR count). The van der Waals surface area contributed by atoms with Crippen molar-refractivity contribution in [1.82, 2.24) is 14.9 Å². The Kier molecular flexibility index (Phi) is 5.48. The number of amides is 1. The van der Waals surface area contributed by atoms with Gasteiger partial charge in [0.05, 0.1) is 18.8 Å². The Hall–Kier alpha value is -2.67. The smallest absolute Gasteiger partial charge is 0.255 e. The summed E-state index contributed by atoms with van der Waals surface area (Å²) in [6.45, 7) is 4.37. The minimum Gasteiger partial charge on any atom is -0.474 e.